The summed E-state index contributed by atoms with van der Waals surface area (Å²) in [6.45, 7) is 1.21. The summed E-state index contributed by atoms with van der Waals surface area (Å²) in [5, 5.41) is 15.3. The number of carbonyl (C=O) groups excluding carboxylic acids is 2. The van der Waals surface area contributed by atoms with E-state index in [0.717, 1.165) is 11.1 Å². The maximum absolute atomic E-state index is 12.9. The molecule has 8 heteroatoms. The zero-order valence-corrected chi connectivity index (χ0v) is 22.0. The molecule has 4 aromatic rings. The van der Waals surface area contributed by atoms with E-state index in [1.54, 1.807) is 24.3 Å². The van der Waals surface area contributed by atoms with E-state index in [4.69, 9.17) is 5.73 Å². The van der Waals surface area contributed by atoms with Crippen LogP contribution in [0.3, 0.4) is 0 Å². The van der Waals surface area contributed by atoms with Crippen molar-refractivity contribution in [3.8, 4) is 0 Å². The van der Waals surface area contributed by atoms with Crippen molar-refractivity contribution in [3.05, 3.63) is 131 Å². The summed E-state index contributed by atoms with van der Waals surface area (Å²) in [6, 6.07) is 31.9. The van der Waals surface area contributed by atoms with Crippen LogP contribution in [-0.4, -0.2) is 40.4 Å². The van der Waals surface area contributed by atoms with E-state index < -0.39 is 12.0 Å². The topological polar surface area (TPSA) is 125 Å². The maximum Gasteiger partial charge on any atom is 0.320 e. The molecule has 5 N–H and O–H groups in total. The van der Waals surface area contributed by atoms with Gasteiger partial charge >= 0.3 is 5.97 Å². The van der Waals surface area contributed by atoms with Crippen LogP contribution in [0, 0.1) is 0 Å². The Morgan fingerprint density at radius 2 is 1.05 bits per heavy atom. The minimum atomic E-state index is -1.06. The van der Waals surface area contributed by atoms with Gasteiger partial charge in [-0.3, -0.25) is 19.3 Å². The predicted molar refractivity (Wildman–Crippen MR) is 156 cm³/mol. The fourth-order valence-corrected chi connectivity index (χ4v) is 4.27. The van der Waals surface area contributed by atoms with Gasteiger partial charge in [0.05, 0.1) is 0 Å². The van der Waals surface area contributed by atoms with Crippen molar-refractivity contribution < 1.29 is 19.5 Å². The second-order valence-electron chi connectivity index (χ2n) is 9.40. The third-order valence-electron chi connectivity index (χ3n) is 6.46. The van der Waals surface area contributed by atoms with Gasteiger partial charge < -0.3 is 21.5 Å². The van der Waals surface area contributed by atoms with Crippen LogP contribution in [0.1, 0.15) is 38.3 Å². The standard InChI is InChI=1S/C32H32N4O4/c33-27(32(39)40)19-20-36(21-25-15-7-9-17-28(25)34-30(37)23-11-3-1-4-12-23)22-26-16-8-10-18-29(26)35-31(38)24-13-5-2-6-14-24/h1-18,27H,19-22,33H2,(H,34,37)(H,35,38)(H,39,40). The summed E-state index contributed by atoms with van der Waals surface area (Å²) in [7, 11) is 0. The summed E-state index contributed by atoms with van der Waals surface area (Å²) < 4.78 is 0. The number of rotatable bonds is 12. The third-order valence-corrected chi connectivity index (χ3v) is 6.46. The molecule has 4 aromatic carbocycles. The fourth-order valence-electron chi connectivity index (χ4n) is 4.27. The Morgan fingerprint density at radius 3 is 1.48 bits per heavy atom. The quantitative estimate of drug-likeness (QED) is 0.202. The maximum atomic E-state index is 12.9. The molecule has 1 atom stereocenters. The molecule has 0 radical (unpaired) electrons. The van der Waals surface area contributed by atoms with Crippen molar-refractivity contribution in [3.63, 3.8) is 0 Å². The number of carbonyl (C=O) groups is 3. The van der Waals surface area contributed by atoms with Gasteiger partial charge in [0.25, 0.3) is 11.8 Å². The van der Waals surface area contributed by atoms with Crippen LogP contribution in [0.25, 0.3) is 0 Å². The van der Waals surface area contributed by atoms with E-state index in [0.29, 0.717) is 42.1 Å². The Kier molecular flexibility index (Phi) is 9.77. The second kappa shape index (κ2) is 13.8. The average Bonchev–Trinajstić information content (AvgIpc) is 2.98. The zero-order chi connectivity index (χ0) is 28.3. The fraction of sp³-hybridized carbons (Fsp3) is 0.156. The number of nitrogens with two attached hydrogens (primary N) is 1. The van der Waals surface area contributed by atoms with E-state index >= 15 is 0 Å². The molecule has 0 fully saturated rings. The predicted octanol–water partition coefficient (Wildman–Crippen LogP) is 5.00. The van der Waals surface area contributed by atoms with Crippen molar-refractivity contribution in [1.29, 1.82) is 0 Å². The molecular weight excluding hydrogens is 504 g/mol. The molecule has 8 nitrogen and oxygen atoms in total. The lowest BCUT2D eigenvalue weighted by molar-refractivity contribution is -0.138. The van der Waals surface area contributed by atoms with Crippen LogP contribution in [-0.2, 0) is 17.9 Å². The highest BCUT2D eigenvalue weighted by atomic mass is 16.4. The molecule has 204 valence electrons. The molecule has 40 heavy (non-hydrogen) atoms. The Hall–Kier alpha value is -4.79. The molecule has 2 amide bonds. The number of carboxylic acid groups (broad SMARTS) is 1. The second-order valence-corrected chi connectivity index (χ2v) is 9.40. The van der Waals surface area contributed by atoms with Gasteiger partial charge in [-0.25, -0.2) is 0 Å². The van der Waals surface area contributed by atoms with Crippen LogP contribution in [0.4, 0.5) is 11.4 Å². The van der Waals surface area contributed by atoms with Gasteiger partial charge in [0.15, 0.2) is 0 Å². The number of hydrogen-bond donors (Lipinski definition) is 4. The first-order chi connectivity index (χ1) is 19.4. The monoisotopic (exact) mass is 536 g/mol. The number of benzene rings is 4. The zero-order valence-electron chi connectivity index (χ0n) is 22.0. The third kappa shape index (κ3) is 7.86. The van der Waals surface area contributed by atoms with Crippen molar-refractivity contribution in [2.24, 2.45) is 5.73 Å². The minimum Gasteiger partial charge on any atom is -0.480 e. The highest BCUT2D eigenvalue weighted by Gasteiger charge is 2.18. The molecule has 0 heterocycles. The molecule has 0 aliphatic heterocycles. The number of para-hydroxylation sites is 2. The van der Waals surface area contributed by atoms with Gasteiger partial charge in [-0.1, -0.05) is 72.8 Å². The number of hydrogen-bond acceptors (Lipinski definition) is 5. The Morgan fingerprint density at radius 1 is 0.650 bits per heavy atom. The highest BCUT2D eigenvalue weighted by Crippen LogP contribution is 2.23. The first kappa shape index (κ1) is 28.2. The van der Waals surface area contributed by atoms with Crippen molar-refractivity contribution in [2.45, 2.75) is 25.6 Å². The number of amides is 2. The van der Waals surface area contributed by atoms with Gasteiger partial charge in [-0.15, -0.1) is 0 Å². The molecule has 0 saturated carbocycles. The molecule has 0 aliphatic carbocycles. The van der Waals surface area contributed by atoms with Crippen LogP contribution in [0.2, 0.25) is 0 Å². The van der Waals surface area contributed by atoms with Crippen LogP contribution < -0.4 is 16.4 Å². The first-order valence-corrected chi connectivity index (χ1v) is 13.0. The van der Waals surface area contributed by atoms with E-state index in [2.05, 4.69) is 15.5 Å². The minimum absolute atomic E-state index is 0.221. The number of carboxylic acids is 1. The van der Waals surface area contributed by atoms with E-state index in [9.17, 15) is 19.5 Å². The van der Waals surface area contributed by atoms with Gasteiger partial charge in [0.1, 0.15) is 6.04 Å². The summed E-state index contributed by atoms with van der Waals surface area (Å²) in [5.74, 6) is -1.51. The van der Waals surface area contributed by atoms with E-state index in [1.165, 1.54) is 0 Å². The van der Waals surface area contributed by atoms with Crippen molar-refractivity contribution in [1.82, 2.24) is 4.90 Å². The van der Waals surface area contributed by atoms with Gasteiger partial charge in [0, 0.05) is 42.1 Å². The number of aliphatic carboxylic acids is 1. The number of nitrogens with zero attached hydrogens (tertiary/aromatic N) is 1. The van der Waals surface area contributed by atoms with Crippen LogP contribution in [0.5, 0.6) is 0 Å². The number of anilines is 2. The van der Waals surface area contributed by atoms with Gasteiger partial charge in [0.2, 0.25) is 0 Å². The lowest BCUT2D eigenvalue weighted by atomic mass is 10.1. The Labute approximate surface area is 233 Å². The van der Waals surface area contributed by atoms with Crippen LogP contribution in [0.15, 0.2) is 109 Å². The lowest BCUT2D eigenvalue weighted by Gasteiger charge is -2.26. The van der Waals surface area contributed by atoms with Crippen molar-refractivity contribution in [2.75, 3.05) is 17.2 Å². The number of nitrogens with one attached hydrogen (secondary N) is 2. The molecule has 0 saturated heterocycles. The molecule has 0 aliphatic rings. The lowest BCUT2D eigenvalue weighted by Crippen LogP contribution is -2.35. The van der Waals surface area contributed by atoms with Crippen LogP contribution >= 0.6 is 0 Å². The molecular formula is C32H32N4O4. The smallest absolute Gasteiger partial charge is 0.320 e. The SMILES string of the molecule is NC(CCN(Cc1ccccc1NC(=O)c1ccccc1)Cc1ccccc1NC(=O)c1ccccc1)C(=O)O. The Bertz CT molecular complexity index is 1340. The summed E-state index contributed by atoms with van der Waals surface area (Å²) in [6.07, 6.45) is 0.229. The van der Waals surface area contributed by atoms with Gasteiger partial charge in [-0.05, 0) is 53.9 Å². The molecule has 1 unspecified atom stereocenters. The largest absolute Gasteiger partial charge is 0.480 e. The summed E-state index contributed by atoms with van der Waals surface area (Å²) in [5.41, 5.74) is 9.97. The normalized spacial score (nSPS) is 11.6. The van der Waals surface area contributed by atoms with E-state index in [1.807, 2.05) is 84.9 Å². The highest BCUT2D eigenvalue weighted by molar-refractivity contribution is 6.05. The molecule has 0 aromatic heterocycles. The summed E-state index contributed by atoms with van der Waals surface area (Å²) >= 11 is 0. The molecule has 0 spiro atoms. The van der Waals surface area contributed by atoms with Gasteiger partial charge in [-0.2, -0.15) is 0 Å². The van der Waals surface area contributed by atoms with E-state index in [-0.39, 0.29) is 18.2 Å². The van der Waals surface area contributed by atoms with Crippen molar-refractivity contribution >= 4 is 29.2 Å². The first-order valence-electron chi connectivity index (χ1n) is 13.0. The summed E-state index contributed by atoms with van der Waals surface area (Å²) in [4.78, 5) is 39.2. The average molecular weight is 537 g/mol. The Balaban J connectivity index is 1.56. The molecule has 4 rings (SSSR count). The molecule has 0 bridgehead atoms.